The van der Waals surface area contributed by atoms with Crippen molar-refractivity contribution < 1.29 is 37.7 Å². The number of rotatable bonds is 7. The molecule has 2 rings (SSSR count). The van der Waals surface area contributed by atoms with Crippen LogP contribution in [0.1, 0.15) is 22.8 Å². The Hall–Kier alpha value is -3.07. The molecule has 3 N–H and O–H groups in total. The van der Waals surface area contributed by atoms with E-state index in [-0.39, 0.29) is 12.0 Å². The van der Waals surface area contributed by atoms with Crippen LogP contribution < -0.4 is 10.1 Å². The van der Waals surface area contributed by atoms with E-state index in [2.05, 4.69) is 5.32 Å². The minimum absolute atomic E-state index is 0.0508. The number of carbonyl (C=O) groups is 2. The Balaban J connectivity index is 2.07. The van der Waals surface area contributed by atoms with E-state index in [0.29, 0.717) is 11.3 Å². The summed E-state index contributed by atoms with van der Waals surface area (Å²) in [6.07, 6.45) is -6.40. The first-order valence-electron chi connectivity index (χ1n) is 8.13. The maximum atomic E-state index is 12.6. The van der Waals surface area contributed by atoms with Crippen LogP contribution in [-0.2, 0) is 22.2 Å². The molecule has 6 nitrogen and oxygen atoms in total. The molecule has 0 radical (unpaired) electrons. The Morgan fingerprint density at radius 2 is 1.64 bits per heavy atom. The third-order valence-corrected chi connectivity index (χ3v) is 4.02. The second kappa shape index (κ2) is 8.75. The summed E-state index contributed by atoms with van der Waals surface area (Å²) in [4.78, 5) is 23.6. The lowest BCUT2D eigenvalue weighted by atomic mass is 10.0. The fourth-order valence-corrected chi connectivity index (χ4v) is 2.45. The lowest BCUT2D eigenvalue weighted by Crippen LogP contribution is -2.44. The molecule has 0 fully saturated rings. The number of carboxylic acids is 1. The van der Waals surface area contributed by atoms with Crippen molar-refractivity contribution in [2.75, 3.05) is 7.11 Å². The van der Waals surface area contributed by atoms with Gasteiger partial charge in [-0.2, -0.15) is 13.2 Å². The highest BCUT2D eigenvalue weighted by Gasteiger charge is 2.31. The van der Waals surface area contributed by atoms with Crippen molar-refractivity contribution in [1.29, 1.82) is 0 Å². The number of benzene rings is 2. The van der Waals surface area contributed by atoms with Crippen molar-refractivity contribution in [2.45, 2.75) is 24.7 Å². The normalized spacial score (nSPS) is 13.5. The summed E-state index contributed by atoms with van der Waals surface area (Å²) in [6, 6.07) is 8.60. The fourth-order valence-electron chi connectivity index (χ4n) is 2.45. The molecule has 2 atom stereocenters. The molecule has 0 aliphatic rings. The molecule has 0 bridgehead atoms. The minimum atomic E-state index is -4.54. The molecule has 2 aromatic rings. The molecule has 2 aromatic carbocycles. The lowest BCUT2D eigenvalue weighted by Gasteiger charge is -2.18. The number of halogens is 3. The number of alkyl halides is 3. The molecule has 9 heteroatoms. The molecule has 0 aliphatic carbocycles. The average Bonchev–Trinajstić information content (AvgIpc) is 2.66. The molecule has 0 heterocycles. The van der Waals surface area contributed by atoms with Crippen LogP contribution in [0.2, 0.25) is 0 Å². The number of amides is 1. The summed E-state index contributed by atoms with van der Waals surface area (Å²) in [7, 11) is 1.48. The van der Waals surface area contributed by atoms with Gasteiger partial charge >= 0.3 is 12.1 Å². The number of carbonyl (C=O) groups excluding carboxylic acids is 1. The molecular weight excluding hydrogens is 379 g/mol. The Bertz CT molecular complexity index is 819. The summed E-state index contributed by atoms with van der Waals surface area (Å²) in [5, 5.41) is 21.6. The predicted octanol–water partition coefficient (Wildman–Crippen LogP) is 2.56. The highest BCUT2D eigenvalue weighted by Crippen LogP contribution is 2.30. The van der Waals surface area contributed by atoms with Crippen LogP contribution in [0.5, 0.6) is 5.75 Å². The summed E-state index contributed by atoms with van der Waals surface area (Å²) < 4.78 is 42.7. The van der Waals surface area contributed by atoms with E-state index in [0.717, 1.165) is 24.3 Å². The van der Waals surface area contributed by atoms with Crippen LogP contribution in [0.3, 0.4) is 0 Å². The van der Waals surface area contributed by atoms with E-state index >= 15 is 0 Å². The van der Waals surface area contributed by atoms with Gasteiger partial charge in [0.05, 0.1) is 12.7 Å². The van der Waals surface area contributed by atoms with Crippen LogP contribution in [0.15, 0.2) is 48.5 Å². The van der Waals surface area contributed by atoms with Crippen LogP contribution in [-0.4, -0.2) is 35.2 Å². The number of aliphatic carboxylic acids is 1. The third kappa shape index (κ3) is 5.46. The molecule has 0 unspecified atom stereocenters. The predicted molar refractivity (Wildman–Crippen MR) is 92.7 cm³/mol. The quantitative estimate of drug-likeness (QED) is 0.668. The fraction of sp³-hybridized carbons (Fsp3) is 0.263. The van der Waals surface area contributed by atoms with E-state index in [4.69, 9.17) is 4.74 Å². The van der Waals surface area contributed by atoms with Gasteiger partial charge in [0.1, 0.15) is 11.8 Å². The zero-order chi connectivity index (χ0) is 20.9. The van der Waals surface area contributed by atoms with Gasteiger partial charge in [-0.1, -0.05) is 24.3 Å². The first kappa shape index (κ1) is 21.2. The number of nitrogens with one attached hydrogen (secondary N) is 1. The van der Waals surface area contributed by atoms with E-state index in [1.54, 1.807) is 24.3 Å². The highest BCUT2D eigenvalue weighted by atomic mass is 19.4. The van der Waals surface area contributed by atoms with Gasteiger partial charge in [-0.25, -0.2) is 4.79 Å². The molecule has 28 heavy (non-hydrogen) atoms. The van der Waals surface area contributed by atoms with Gasteiger partial charge in [0, 0.05) is 6.42 Å². The Morgan fingerprint density at radius 1 is 1.07 bits per heavy atom. The number of ether oxygens (including phenoxy) is 1. The van der Waals surface area contributed by atoms with E-state index in [1.165, 1.54) is 7.11 Å². The SMILES string of the molecule is COc1ccc(C[C@@H](NC(=O)[C@@H](O)c2ccc(C(F)(F)F)cc2)C(=O)O)cc1. The van der Waals surface area contributed by atoms with Gasteiger partial charge < -0.3 is 20.3 Å². The van der Waals surface area contributed by atoms with Crippen molar-refractivity contribution in [3.05, 3.63) is 65.2 Å². The smallest absolute Gasteiger partial charge is 0.416 e. The molecule has 0 saturated carbocycles. The summed E-state index contributed by atoms with van der Waals surface area (Å²) in [5.74, 6) is -1.76. The van der Waals surface area contributed by atoms with Crippen molar-refractivity contribution in [2.24, 2.45) is 0 Å². The zero-order valence-corrected chi connectivity index (χ0v) is 14.7. The number of hydrogen-bond acceptors (Lipinski definition) is 4. The van der Waals surface area contributed by atoms with Crippen LogP contribution >= 0.6 is 0 Å². The van der Waals surface area contributed by atoms with Gasteiger partial charge in [-0.05, 0) is 35.4 Å². The third-order valence-electron chi connectivity index (χ3n) is 4.02. The van der Waals surface area contributed by atoms with Crippen LogP contribution in [0.4, 0.5) is 13.2 Å². The van der Waals surface area contributed by atoms with Crippen LogP contribution in [0, 0.1) is 0 Å². The number of aliphatic hydroxyl groups excluding tert-OH is 1. The van der Waals surface area contributed by atoms with Gasteiger partial charge in [-0.15, -0.1) is 0 Å². The number of carboxylic acid groups (broad SMARTS) is 1. The standard InChI is InChI=1S/C19H18F3NO5/c1-28-14-8-2-11(3-9-14)10-15(18(26)27)23-17(25)16(24)12-4-6-13(7-5-12)19(20,21)22/h2-9,15-16,24H,10H2,1H3,(H,23,25)(H,26,27)/t15-,16+/m1/s1. The Labute approximate surface area is 158 Å². The van der Waals surface area contributed by atoms with E-state index < -0.39 is 35.8 Å². The zero-order valence-electron chi connectivity index (χ0n) is 14.7. The lowest BCUT2D eigenvalue weighted by molar-refractivity contribution is -0.143. The van der Waals surface area contributed by atoms with Crippen molar-refractivity contribution in [1.82, 2.24) is 5.32 Å². The molecule has 0 saturated heterocycles. The molecule has 0 aliphatic heterocycles. The van der Waals surface area contributed by atoms with Crippen molar-refractivity contribution in [3.8, 4) is 5.75 Å². The van der Waals surface area contributed by atoms with Crippen molar-refractivity contribution in [3.63, 3.8) is 0 Å². The average molecular weight is 397 g/mol. The van der Waals surface area contributed by atoms with Crippen molar-refractivity contribution >= 4 is 11.9 Å². The van der Waals surface area contributed by atoms with E-state index in [9.17, 15) is 33.0 Å². The van der Waals surface area contributed by atoms with Gasteiger partial charge in [0.2, 0.25) is 0 Å². The Kier molecular flexibility index (Phi) is 6.63. The van der Waals surface area contributed by atoms with Crippen LogP contribution in [0.25, 0.3) is 0 Å². The summed E-state index contributed by atoms with van der Waals surface area (Å²) in [5.41, 5.74) is -0.400. The highest BCUT2D eigenvalue weighted by molar-refractivity contribution is 5.87. The first-order valence-corrected chi connectivity index (χ1v) is 8.13. The molecule has 0 aromatic heterocycles. The largest absolute Gasteiger partial charge is 0.497 e. The second-order valence-electron chi connectivity index (χ2n) is 5.97. The Morgan fingerprint density at radius 3 is 2.11 bits per heavy atom. The molecule has 1 amide bonds. The van der Waals surface area contributed by atoms with Gasteiger partial charge in [0.15, 0.2) is 6.10 Å². The van der Waals surface area contributed by atoms with Gasteiger partial charge in [-0.3, -0.25) is 4.79 Å². The number of methoxy groups -OCH3 is 1. The molecule has 150 valence electrons. The number of aliphatic hydroxyl groups is 1. The maximum Gasteiger partial charge on any atom is 0.416 e. The minimum Gasteiger partial charge on any atom is -0.497 e. The topological polar surface area (TPSA) is 95.9 Å². The summed E-state index contributed by atoms with van der Waals surface area (Å²) in [6.45, 7) is 0. The van der Waals surface area contributed by atoms with Gasteiger partial charge in [0.25, 0.3) is 5.91 Å². The summed E-state index contributed by atoms with van der Waals surface area (Å²) >= 11 is 0. The number of hydrogen-bond donors (Lipinski definition) is 3. The monoisotopic (exact) mass is 397 g/mol. The first-order chi connectivity index (χ1) is 13.1. The molecule has 0 spiro atoms. The second-order valence-corrected chi connectivity index (χ2v) is 5.97. The maximum absolute atomic E-state index is 12.6. The van der Waals surface area contributed by atoms with E-state index in [1.807, 2.05) is 0 Å². The molecular formula is C19H18F3NO5.